The number of alkyl halides is 1. The van der Waals surface area contributed by atoms with E-state index in [1.54, 1.807) is 12.4 Å². The Labute approximate surface area is 117 Å². The number of rotatable bonds is 5. The van der Waals surface area contributed by atoms with Crippen LogP contribution in [0.5, 0.6) is 0 Å². The molecule has 0 radical (unpaired) electrons. The van der Waals surface area contributed by atoms with E-state index in [9.17, 15) is 4.79 Å². The predicted octanol–water partition coefficient (Wildman–Crippen LogP) is 3.71. The second kappa shape index (κ2) is 6.90. The number of nitrogens with one attached hydrogen (secondary N) is 1. The summed E-state index contributed by atoms with van der Waals surface area (Å²) in [6.07, 6.45) is 4.67. The van der Waals surface area contributed by atoms with Crippen molar-refractivity contribution in [2.24, 2.45) is 0 Å². The van der Waals surface area contributed by atoms with E-state index >= 15 is 0 Å². The lowest BCUT2D eigenvalue weighted by Gasteiger charge is -2.06. The van der Waals surface area contributed by atoms with Gasteiger partial charge >= 0.3 is 0 Å². The van der Waals surface area contributed by atoms with Crippen LogP contribution in [0.4, 0.5) is 5.69 Å². The minimum absolute atomic E-state index is 0.00249. The molecule has 0 aliphatic rings. The van der Waals surface area contributed by atoms with Crippen molar-refractivity contribution in [3.63, 3.8) is 0 Å². The molecule has 0 unspecified atom stereocenters. The van der Waals surface area contributed by atoms with Gasteiger partial charge < -0.3 is 5.32 Å². The maximum absolute atomic E-state index is 11.5. The number of benzene rings is 1. The third-order valence-electron chi connectivity index (χ3n) is 2.72. The molecule has 0 saturated heterocycles. The van der Waals surface area contributed by atoms with Crippen molar-refractivity contribution < 1.29 is 4.79 Å². The third kappa shape index (κ3) is 4.07. The quantitative estimate of drug-likeness (QED) is 0.845. The summed E-state index contributed by atoms with van der Waals surface area (Å²) in [7, 11) is 0. The van der Waals surface area contributed by atoms with Gasteiger partial charge in [-0.1, -0.05) is 12.1 Å². The highest BCUT2D eigenvalue weighted by molar-refractivity contribution is 6.18. The van der Waals surface area contributed by atoms with Crippen molar-refractivity contribution in [3.8, 4) is 11.1 Å². The van der Waals surface area contributed by atoms with Gasteiger partial charge in [0.05, 0.1) is 0 Å². The second-order valence-corrected chi connectivity index (χ2v) is 4.53. The normalized spacial score (nSPS) is 10.2. The molecule has 1 heterocycles. The summed E-state index contributed by atoms with van der Waals surface area (Å²) in [5.74, 6) is 0.506. The molecule has 4 heteroatoms. The Balaban J connectivity index is 2.01. The van der Waals surface area contributed by atoms with E-state index in [1.807, 2.05) is 36.4 Å². The van der Waals surface area contributed by atoms with Gasteiger partial charge in [-0.05, 0) is 41.8 Å². The number of hydrogen-bond acceptors (Lipinski definition) is 2. The number of aromatic nitrogens is 1. The molecule has 2 aromatic rings. The fourth-order valence-electron chi connectivity index (χ4n) is 1.74. The Morgan fingerprint density at radius 3 is 2.32 bits per heavy atom. The highest BCUT2D eigenvalue weighted by Gasteiger charge is 2.02. The molecule has 2 rings (SSSR count). The number of carbonyl (C=O) groups excluding carboxylic acids is 1. The number of pyridine rings is 1. The van der Waals surface area contributed by atoms with Crippen molar-refractivity contribution in [2.45, 2.75) is 12.8 Å². The van der Waals surface area contributed by atoms with Crippen LogP contribution in [-0.2, 0) is 4.79 Å². The summed E-state index contributed by atoms with van der Waals surface area (Å²) in [5, 5.41) is 2.85. The van der Waals surface area contributed by atoms with E-state index in [4.69, 9.17) is 11.6 Å². The lowest BCUT2D eigenvalue weighted by atomic mass is 10.1. The fourth-order valence-corrected chi connectivity index (χ4v) is 1.87. The number of carbonyl (C=O) groups is 1. The Kier molecular flexibility index (Phi) is 4.93. The maximum Gasteiger partial charge on any atom is 0.224 e. The highest BCUT2D eigenvalue weighted by atomic mass is 35.5. The van der Waals surface area contributed by atoms with Crippen LogP contribution >= 0.6 is 11.6 Å². The van der Waals surface area contributed by atoms with E-state index in [-0.39, 0.29) is 5.91 Å². The van der Waals surface area contributed by atoms with Gasteiger partial charge in [-0.15, -0.1) is 11.6 Å². The number of hydrogen-bond donors (Lipinski definition) is 1. The van der Waals surface area contributed by atoms with Crippen LogP contribution in [0.1, 0.15) is 12.8 Å². The zero-order chi connectivity index (χ0) is 13.5. The minimum Gasteiger partial charge on any atom is -0.326 e. The summed E-state index contributed by atoms with van der Waals surface area (Å²) in [6, 6.07) is 11.7. The smallest absolute Gasteiger partial charge is 0.224 e. The molecule has 1 N–H and O–H groups in total. The molecular formula is C15H15ClN2O. The van der Waals surface area contributed by atoms with Crippen LogP contribution in [-0.4, -0.2) is 16.8 Å². The molecule has 0 spiro atoms. The Hall–Kier alpha value is -1.87. The van der Waals surface area contributed by atoms with Crippen molar-refractivity contribution in [3.05, 3.63) is 48.8 Å². The van der Waals surface area contributed by atoms with Gasteiger partial charge in [0.1, 0.15) is 0 Å². The molecular weight excluding hydrogens is 260 g/mol. The van der Waals surface area contributed by atoms with Gasteiger partial charge in [-0.25, -0.2) is 0 Å². The molecule has 1 amide bonds. The summed E-state index contributed by atoms with van der Waals surface area (Å²) in [5.41, 5.74) is 3.01. The molecule has 1 aromatic heterocycles. The predicted molar refractivity (Wildman–Crippen MR) is 78.3 cm³/mol. The number of halogens is 1. The van der Waals surface area contributed by atoms with Gasteiger partial charge in [0.2, 0.25) is 5.91 Å². The summed E-state index contributed by atoms with van der Waals surface area (Å²) in [6.45, 7) is 0. The van der Waals surface area contributed by atoms with E-state index in [2.05, 4.69) is 10.3 Å². The molecule has 19 heavy (non-hydrogen) atoms. The first kappa shape index (κ1) is 13.6. The van der Waals surface area contributed by atoms with Crippen molar-refractivity contribution >= 4 is 23.2 Å². The van der Waals surface area contributed by atoms with Crippen LogP contribution in [0.3, 0.4) is 0 Å². The highest BCUT2D eigenvalue weighted by Crippen LogP contribution is 2.20. The zero-order valence-corrected chi connectivity index (χ0v) is 11.2. The van der Waals surface area contributed by atoms with Crippen LogP contribution in [0, 0.1) is 0 Å². The first-order valence-corrected chi connectivity index (χ1v) is 6.69. The topological polar surface area (TPSA) is 42.0 Å². The Morgan fingerprint density at radius 2 is 1.68 bits per heavy atom. The summed E-state index contributed by atoms with van der Waals surface area (Å²) in [4.78, 5) is 15.5. The molecule has 98 valence electrons. The minimum atomic E-state index is -0.00249. The number of nitrogens with zero attached hydrogens (tertiary/aromatic N) is 1. The van der Waals surface area contributed by atoms with E-state index < -0.39 is 0 Å². The van der Waals surface area contributed by atoms with Gasteiger partial charge in [0, 0.05) is 30.4 Å². The molecule has 0 bridgehead atoms. The first-order chi connectivity index (χ1) is 9.29. The van der Waals surface area contributed by atoms with Crippen molar-refractivity contribution in [2.75, 3.05) is 11.2 Å². The van der Waals surface area contributed by atoms with Gasteiger partial charge in [-0.2, -0.15) is 0 Å². The van der Waals surface area contributed by atoms with E-state index in [0.717, 1.165) is 16.8 Å². The Bertz CT molecular complexity index is 526. The third-order valence-corrected chi connectivity index (χ3v) is 2.99. The molecule has 1 aromatic carbocycles. The lowest BCUT2D eigenvalue weighted by molar-refractivity contribution is -0.116. The van der Waals surface area contributed by atoms with E-state index in [0.29, 0.717) is 18.7 Å². The number of anilines is 1. The SMILES string of the molecule is O=C(CCCCl)Nc1ccc(-c2ccncc2)cc1. The fraction of sp³-hybridized carbons (Fsp3) is 0.200. The van der Waals surface area contributed by atoms with Crippen LogP contribution in [0.25, 0.3) is 11.1 Å². The van der Waals surface area contributed by atoms with Gasteiger partial charge in [0.25, 0.3) is 0 Å². The van der Waals surface area contributed by atoms with Gasteiger partial charge in [-0.3, -0.25) is 9.78 Å². The van der Waals surface area contributed by atoms with Crippen LogP contribution in [0.2, 0.25) is 0 Å². The van der Waals surface area contributed by atoms with Crippen LogP contribution in [0.15, 0.2) is 48.8 Å². The molecule has 0 atom stereocenters. The average molecular weight is 275 g/mol. The largest absolute Gasteiger partial charge is 0.326 e. The first-order valence-electron chi connectivity index (χ1n) is 6.16. The van der Waals surface area contributed by atoms with Gasteiger partial charge in [0.15, 0.2) is 0 Å². The molecule has 0 fully saturated rings. The van der Waals surface area contributed by atoms with E-state index in [1.165, 1.54) is 0 Å². The molecule has 0 saturated carbocycles. The monoisotopic (exact) mass is 274 g/mol. The molecule has 0 aliphatic carbocycles. The van der Waals surface area contributed by atoms with Crippen LogP contribution < -0.4 is 5.32 Å². The summed E-state index contributed by atoms with van der Waals surface area (Å²) >= 11 is 5.55. The lowest BCUT2D eigenvalue weighted by Crippen LogP contribution is -2.11. The maximum atomic E-state index is 11.5. The van der Waals surface area contributed by atoms with Crippen molar-refractivity contribution in [1.29, 1.82) is 0 Å². The number of amides is 1. The van der Waals surface area contributed by atoms with Crippen molar-refractivity contribution in [1.82, 2.24) is 4.98 Å². The molecule has 0 aliphatic heterocycles. The summed E-state index contributed by atoms with van der Waals surface area (Å²) < 4.78 is 0. The zero-order valence-electron chi connectivity index (χ0n) is 10.5. The Morgan fingerprint density at radius 1 is 1.05 bits per heavy atom. The average Bonchev–Trinajstić information content (AvgIpc) is 2.47. The standard InChI is InChI=1S/C15H15ClN2O/c16-9-1-2-15(19)18-14-5-3-12(4-6-14)13-7-10-17-11-8-13/h3-8,10-11H,1-2,9H2,(H,18,19). The second-order valence-electron chi connectivity index (χ2n) is 4.15. The molecule has 3 nitrogen and oxygen atoms in total.